The average Bonchev–Trinajstić information content (AvgIpc) is 2.28. The van der Waals surface area contributed by atoms with Gasteiger partial charge in [-0.3, -0.25) is 4.21 Å². The fourth-order valence-corrected chi connectivity index (χ4v) is 2.85. The fraction of sp³-hybridized carbons (Fsp3) is 0.500. The van der Waals surface area contributed by atoms with Crippen molar-refractivity contribution in [2.24, 2.45) is 0 Å². The number of pyridine rings is 1. The van der Waals surface area contributed by atoms with Crippen molar-refractivity contribution < 1.29 is 12.6 Å². The maximum absolute atomic E-state index is 11.9. The third kappa shape index (κ3) is 4.04. The van der Waals surface area contributed by atoms with E-state index < -0.39 is 20.8 Å². The molecule has 0 aliphatic rings. The van der Waals surface area contributed by atoms with E-state index in [1.165, 1.54) is 18.3 Å². The van der Waals surface area contributed by atoms with Gasteiger partial charge in [-0.1, -0.05) is 6.92 Å². The standard InChI is InChI=1S/C10H17N3O3S2/c1-8(17(2)14)5-7-13-18(15,16)9-4-3-6-12-10(9)11/h3-4,6,8,13H,5,7H2,1-2H3,(H2,11,12). The number of hydrogen-bond acceptors (Lipinski definition) is 5. The SMILES string of the molecule is CC(CCNS(=O)(=O)c1cccnc1N)S(C)=O. The molecule has 0 aliphatic heterocycles. The van der Waals surface area contributed by atoms with Crippen LogP contribution in [0.5, 0.6) is 0 Å². The first-order valence-corrected chi connectivity index (χ1v) is 8.47. The highest BCUT2D eigenvalue weighted by Crippen LogP contribution is 2.14. The first kappa shape index (κ1) is 15.1. The monoisotopic (exact) mass is 291 g/mol. The second-order valence-corrected chi connectivity index (χ2v) is 7.42. The number of nitrogens with two attached hydrogens (primary N) is 1. The summed E-state index contributed by atoms with van der Waals surface area (Å²) in [5, 5.41) is -0.0565. The lowest BCUT2D eigenvalue weighted by Gasteiger charge is -2.10. The van der Waals surface area contributed by atoms with E-state index in [0.717, 1.165) is 0 Å². The number of nitrogen functional groups attached to an aromatic ring is 1. The molecule has 3 N–H and O–H groups in total. The van der Waals surface area contributed by atoms with Crippen LogP contribution in [0.4, 0.5) is 5.82 Å². The molecule has 1 aromatic rings. The molecular weight excluding hydrogens is 274 g/mol. The molecule has 0 aromatic carbocycles. The van der Waals surface area contributed by atoms with Gasteiger partial charge in [0.2, 0.25) is 10.0 Å². The Morgan fingerprint density at radius 1 is 1.56 bits per heavy atom. The van der Waals surface area contributed by atoms with Crippen molar-refractivity contribution in [3.05, 3.63) is 18.3 Å². The van der Waals surface area contributed by atoms with Gasteiger partial charge in [-0.25, -0.2) is 18.1 Å². The molecule has 8 heteroatoms. The van der Waals surface area contributed by atoms with Gasteiger partial charge in [-0.2, -0.15) is 0 Å². The van der Waals surface area contributed by atoms with Gasteiger partial charge in [-0.05, 0) is 18.6 Å². The van der Waals surface area contributed by atoms with Crippen molar-refractivity contribution in [3.8, 4) is 0 Å². The van der Waals surface area contributed by atoms with Crippen LogP contribution >= 0.6 is 0 Å². The average molecular weight is 291 g/mol. The van der Waals surface area contributed by atoms with Crippen LogP contribution in [0, 0.1) is 0 Å². The van der Waals surface area contributed by atoms with Gasteiger partial charge in [0.1, 0.15) is 10.7 Å². The molecule has 0 radical (unpaired) electrons. The second-order valence-electron chi connectivity index (χ2n) is 3.88. The molecule has 2 atom stereocenters. The van der Waals surface area contributed by atoms with Gasteiger partial charge < -0.3 is 5.73 Å². The summed E-state index contributed by atoms with van der Waals surface area (Å²) in [5.41, 5.74) is 5.51. The molecule has 1 heterocycles. The van der Waals surface area contributed by atoms with Crippen LogP contribution in [-0.4, -0.2) is 35.7 Å². The normalized spacial score (nSPS) is 15.2. The van der Waals surface area contributed by atoms with E-state index in [0.29, 0.717) is 6.42 Å². The predicted molar refractivity (Wildman–Crippen MR) is 72.0 cm³/mol. The van der Waals surface area contributed by atoms with Gasteiger partial charge in [0.05, 0.1) is 0 Å². The van der Waals surface area contributed by atoms with Crippen LogP contribution < -0.4 is 10.5 Å². The summed E-state index contributed by atoms with van der Waals surface area (Å²) in [6.07, 6.45) is 3.53. The summed E-state index contributed by atoms with van der Waals surface area (Å²) in [5.74, 6) is -0.0304. The number of anilines is 1. The number of nitrogens with one attached hydrogen (secondary N) is 1. The lowest BCUT2D eigenvalue weighted by atomic mass is 10.3. The Balaban J connectivity index is 2.67. The zero-order chi connectivity index (χ0) is 13.8. The maximum atomic E-state index is 11.9. The van der Waals surface area contributed by atoms with E-state index in [2.05, 4.69) is 9.71 Å². The quantitative estimate of drug-likeness (QED) is 0.774. The summed E-state index contributed by atoms with van der Waals surface area (Å²) in [7, 11) is -4.61. The third-order valence-electron chi connectivity index (χ3n) is 2.50. The van der Waals surface area contributed by atoms with Crippen LogP contribution in [0.25, 0.3) is 0 Å². The molecule has 0 saturated heterocycles. The van der Waals surface area contributed by atoms with Crippen molar-refractivity contribution in [3.63, 3.8) is 0 Å². The van der Waals surface area contributed by atoms with Crippen LogP contribution in [0.15, 0.2) is 23.2 Å². The van der Waals surface area contributed by atoms with Crippen molar-refractivity contribution in [1.82, 2.24) is 9.71 Å². The lowest BCUT2D eigenvalue weighted by Crippen LogP contribution is -2.28. The lowest BCUT2D eigenvalue weighted by molar-refractivity contribution is 0.578. The van der Waals surface area contributed by atoms with Crippen LogP contribution in [0.1, 0.15) is 13.3 Å². The molecular formula is C10H17N3O3S2. The van der Waals surface area contributed by atoms with E-state index in [1.807, 2.05) is 6.92 Å². The third-order valence-corrected chi connectivity index (χ3v) is 5.38. The summed E-state index contributed by atoms with van der Waals surface area (Å²) in [6.45, 7) is 2.03. The smallest absolute Gasteiger partial charge is 0.244 e. The Kier molecular flexibility index (Phi) is 5.24. The molecule has 0 bridgehead atoms. The number of rotatable bonds is 6. The van der Waals surface area contributed by atoms with Crippen molar-refractivity contribution in [1.29, 1.82) is 0 Å². The van der Waals surface area contributed by atoms with Crippen LogP contribution in [0.2, 0.25) is 0 Å². The van der Waals surface area contributed by atoms with Gasteiger partial charge in [-0.15, -0.1) is 0 Å². The molecule has 1 rings (SSSR count). The minimum absolute atomic E-state index is 0.0304. The Bertz CT molecular complexity index is 531. The molecule has 6 nitrogen and oxygen atoms in total. The number of hydrogen-bond donors (Lipinski definition) is 2. The van der Waals surface area contributed by atoms with Gasteiger partial charge >= 0.3 is 0 Å². The minimum Gasteiger partial charge on any atom is -0.383 e. The van der Waals surface area contributed by atoms with Crippen molar-refractivity contribution in [2.45, 2.75) is 23.5 Å². The highest BCUT2D eigenvalue weighted by Gasteiger charge is 2.17. The number of nitrogens with zero attached hydrogens (tertiary/aromatic N) is 1. The van der Waals surface area contributed by atoms with Gasteiger partial charge in [0.25, 0.3) is 0 Å². The molecule has 0 fully saturated rings. The first-order valence-electron chi connectivity index (χ1n) is 5.37. The fourth-order valence-electron chi connectivity index (χ4n) is 1.27. The summed E-state index contributed by atoms with van der Waals surface area (Å²) in [4.78, 5) is 3.69. The maximum Gasteiger partial charge on any atom is 0.244 e. The van der Waals surface area contributed by atoms with E-state index in [-0.39, 0.29) is 22.5 Å². The van der Waals surface area contributed by atoms with E-state index >= 15 is 0 Å². The van der Waals surface area contributed by atoms with Gasteiger partial charge in [0, 0.05) is 35.0 Å². The van der Waals surface area contributed by atoms with Crippen LogP contribution in [-0.2, 0) is 20.8 Å². The summed E-state index contributed by atoms with van der Waals surface area (Å²) < 4.78 is 37.3. The van der Waals surface area contributed by atoms with Crippen molar-refractivity contribution in [2.75, 3.05) is 18.5 Å². The molecule has 18 heavy (non-hydrogen) atoms. The summed E-state index contributed by atoms with van der Waals surface area (Å²) >= 11 is 0. The molecule has 1 aromatic heterocycles. The van der Waals surface area contributed by atoms with E-state index in [9.17, 15) is 12.6 Å². The molecule has 102 valence electrons. The van der Waals surface area contributed by atoms with Crippen LogP contribution in [0.3, 0.4) is 0 Å². The summed E-state index contributed by atoms with van der Waals surface area (Å²) in [6, 6.07) is 2.90. The number of sulfonamides is 1. The largest absolute Gasteiger partial charge is 0.383 e. The molecule has 0 aliphatic carbocycles. The minimum atomic E-state index is -3.65. The van der Waals surface area contributed by atoms with Crippen molar-refractivity contribution >= 4 is 26.6 Å². The molecule has 0 amide bonds. The zero-order valence-electron chi connectivity index (χ0n) is 10.3. The van der Waals surface area contributed by atoms with Gasteiger partial charge in [0.15, 0.2) is 0 Å². The number of aromatic nitrogens is 1. The molecule has 0 spiro atoms. The Morgan fingerprint density at radius 3 is 2.78 bits per heavy atom. The second kappa shape index (κ2) is 6.26. The molecule has 0 saturated carbocycles. The Morgan fingerprint density at radius 2 is 2.22 bits per heavy atom. The van der Waals surface area contributed by atoms with E-state index in [4.69, 9.17) is 5.73 Å². The molecule has 2 unspecified atom stereocenters. The van der Waals surface area contributed by atoms with E-state index in [1.54, 1.807) is 6.26 Å². The highest BCUT2D eigenvalue weighted by molar-refractivity contribution is 7.89. The zero-order valence-corrected chi connectivity index (χ0v) is 11.9. The first-order chi connectivity index (χ1) is 8.34. The highest BCUT2D eigenvalue weighted by atomic mass is 32.2. The topological polar surface area (TPSA) is 102 Å². The predicted octanol–water partition coefficient (Wildman–Crippen LogP) is 0.0992. The Hall–Kier alpha value is -0.990. The Labute approximate surface area is 110 Å².